The van der Waals surface area contributed by atoms with Gasteiger partial charge in [-0.3, -0.25) is 4.98 Å². The van der Waals surface area contributed by atoms with Crippen LogP contribution in [0.4, 0.5) is 4.39 Å². The Morgan fingerprint density at radius 2 is 1.41 bits per heavy atom. The van der Waals surface area contributed by atoms with Crippen molar-refractivity contribution in [2.45, 2.75) is 86.4 Å². The molecule has 0 saturated heterocycles. The summed E-state index contributed by atoms with van der Waals surface area (Å²) in [6, 6.07) is 49.8. The first-order chi connectivity index (χ1) is 29.6. The average molecular weight is 1040 g/mol. The minimum atomic E-state index is -1.37. The Bertz CT molecular complexity index is 3000. The van der Waals surface area contributed by atoms with Crippen molar-refractivity contribution < 1.29 is 24.5 Å². The molecule has 9 aromatic rings. The van der Waals surface area contributed by atoms with Gasteiger partial charge < -0.3 is 9.55 Å². The van der Waals surface area contributed by atoms with Gasteiger partial charge in [0.25, 0.3) is 0 Å². The number of halogens is 1. The summed E-state index contributed by atoms with van der Waals surface area (Å²) in [6.07, 6.45) is 3.21. The molecule has 7 heteroatoms. The number of aromatic nitrogens is 3. The van der Waals surface area contributed by atoms with E-state index in [2.05, 4.69) is 170 Å². The summed E-state index contributed by atoms with van der Waals surface area (Å²) < 4.78 is 18.3. The largest absolute Gasteiger partial charge is 0.333 e. The molecule has 0 fully saturated rings. The van der Waals surface area contributed by atoms with E-state index in [1.807, 2.05) is 36.4 Å². The number of hydrogen-bond donors (Lipinski definition) is 0. The zero-order valence-electron chi connectivity index (χ0n) is 38.0. The minimum absolute atomic E-state index is 0. The van der Waals surface area contributed by atoms with E-state index in [-0.39, 0.29) is 31.3 Å². The van der Waals surface area contributed by atoms with E-state index in [1.54, 1.807) is 11.3 Å². The maximum Gasteiger partial charge on any atom is 0.123 e. The summed E-state index contributed by atoms with van der Waals surface area (Å²) in [7, 11) is -1.37. The van der Waals surface area contributed by atoms with E-state index >= 15 is 0 Å². The fourth-order valence-electron chi connectivity index (χ4n) is 8.51. The zero-order chi connectivity index (χ0) is 43.9. The van der Waals surface area contributed by atoms with Gasteiger partial charge in [-0.1, -0.05) is 145 Å². The molecule has 0 amide bonds. The molecular formula is C56H56FIrN3SSi-2. The van der Waals surface area contributed by atoms with Gasteiger partial charge in [-0.2, -0.15) is 11.3 Å². The normalized spacial score (nSPS) is 12.0. The molecule has 0 atom stereocenters. The fraction of sp³-hybridized carbons (Fsp3) is 0.250. The van der Waals surface area contributed by atoms with Crippen LogP contribution in [0.2, 0.25) is 19.6 Å². The van der Waals surface area contributed by atoms with Gasteiger partial charge in [-0.05, 0) is 97.2 Å². The van der Waals surface area contributed by atoms with Crippen molar-refractivity contribution in [1.29, 1.82) is 0 Å². The Morgan fingerprint density at radius 3 is 2.06 bits per heavy atom. The van der Waals surface area contributed by atoms with Crippen molar-refractivity contribution in [2.75, 3.05) is 0 Å². The molecule has 0 unspecified atom stereocenters. The Hall–Kier alpha value is -5.04. The summed E-state index contributed by atoms with van der Waals surface area (Å²) in [5, 5.41) is 3.89. The van der Waals surface area contributed by atoms with Crippen molar-refractivity contribution in [1.82, 2.24) is 14.5 Å². The van der Waals surface area contributed by atoms with Gasteiger partial charge in [0.2, 0.25) is 0 Å². The molecule has 9 rings (SSSR count). The molecule has 3 aromatic heterocycles. The van der Waals surface area contributed by atoms with E-state index < -0.39 is 8.07 Å². The Kier molecular flexibility index (Phi) is 13.6. The first kappa shape index (κ1) is 46.0. The smallest absolute Gasteiger partial charge is 0.123 e. The Labute approximate surface area is 391 Å². The predicted molar refractivity (Wildman–Crippen MR) is 266 cm³/mol. The molecule has 0 spiro atoms. The predicted octanol–water partition coefficient (Wildman–Crippen LogP) is 15.6. The molecule has 63 heavy (non-hydrogen) atoms. The molecule has 323 valence electrons. The molecule has 0 N–H and O–H groups in total. The average Bonchev–Trinajstić information content (AvgIpc) is 3.81. The number of nitrogens with zero attached hydrogens (tertiary/aromatic N) is 3. The Morgan fingerprint density at radius 1 is 0.730 bits per heavy atom. The van der Waals surface area contributed by atoms with E-state index in [1.165, 1.54) is 59.9 Å². The summed E-state index contributed by atoms with van der Waals surface area (Å²) >= 11 is 1.77. The minimum Gasteiger partial charge on any atom is -0.333 e. The summed E-state index contributed by atoms with van der Waals surface area (Å²) in [4.78, 5) is 9.97. The molecule has 3 nitrogen and oxygen atoms in total. The third kappa shape index (κ3) is 9.73. The zero-order valence-corrected chi connectivity index (χ0v) is 42.2. The van der Waals surface area contributed by atoms with Gasteiger partial charge in [0.05, 0.1) is 24.9 Å². The molecule has 0 bridgehead atoms. The van der Waals surface area contributed by atoms with Crippen LogP contribution >= 0.6 is 11.3 Å². The third-order valence-electron chi connectivity index (χ3n) is 11.5. The second kappa shape index (κ2) is 18.6. The van der Waals surface area contributed by atoms with Gasteiger partial charge in [-0.25, -0.2) is 4.39 Å². The second-order valence-electron chi connectivity index (χ2n) is 19.3. The van der Waals surface area contributed by atoms with Crippen LogP contribution in [-0.2, 0) is 26.5 Å². The maximum absolute atomic E-state index is 13.6. The van der Waals surface area contributed by atoms with Crippen LogP contribution < -0.4 is 5.19 Å². The van der Waals surface area contributed by atoms with Crippen molar-refractivity contribution in [3.8, 4) is 39.5 Å². The van der Waals surface area contributed by atoms with Crippen LogP contribution in [0.25, 0.3) is 70.7 Å². The van der Waals surface area contributed by atoms with Crippen LogP contribution in [0, 0.1) is 23.4 Å². The van der Waals surface area contributed by atoms with Crippen molar-refractivity contribution >= 4 is 55.8 Å². The topological polar surface area (TPSA) is 30.7 Å². The number of imidazole rings is 1. The number of fused-ring (bicyclic) bond motifs is 4. The Balaban J connectivity index is 0.000000229. The van der Waals surface area contributed by atoms with Gasteiger partial charge in [-0.15, -0.1) is 54.1 Å². The summed E-state index contributed by atoms with van der Waals surface area (Å²) in [5.41, 5.74) is 12.9. The third-order valence-corrected chi connectivity index (χ3v) is 14.7. The van der Waals surface area contributed by atoms with Crippen LogP contribution in [-0.4, -0.2) is 22.6 Å². The van der Waals surface area contributed by atoms with E-state index in [9.17, 15) is 4.39 Å². The monoisotopic (exact) mass is 1040 g/mol. The number of rotatable bonds is 8. The van der Waals surface area contributed by atoms with Crippen LogP contribution in [0.1, 0.15) is 77.0 Å². The summed E-state index contributed by atoms with van der Waals surface area (Å²) in [6.45, 7) is 23.1. The molecule has 0 aliphatic carbocycles. The first-order valence-corrected chi connectivity index (χ1v) is 26.1. The van der Waals surface area contributed by atoms with Crippen molar-refractivity contribution in [3.63, 3.8) is 0 Å². The number of pyridine rings is 1. The number of hydrogen-bond acceptors (Lipinski definition) is 3. The molecule has 0 aliphatic rings. The summed E-state index contributed by atoms with van der Waals surface area (Å²) in [5.74, 6) is 1.40. The van der Waals surface area contributed by atoms with E-state index in [4.69, 9.17) is 9.97 Å². The van der Waals surface area contributed by atoms with Crippen molar-refractivity contribution in [3.05, 3.63) is 168 Å². The van der Waals surface area contributed by atoms with Gasteiger partial charge in [0, 0.05) is 36.7 Å². The molecule has 0 saturated carbocycles. The van der Waals surface area contributed by atoms with Gasteiger partial charge >= 0.3 is 0 Å². The van der Waals surface area contributed by atoms with Gasteiger partial charge in [0.1, 0.15) is 5.82 Å². The van der Waals surface area contributed by atoms with Gasteiger partial charge in [0.15, 0.2) is 0 Å². The van der Waals surface area contributed by atoms with Crippen molar-refractivity contribution in [2.24, 2.45) is 5.41 Å². The number of benzene rings is 6. The van der Waals surface area contributed by atoms with E-state index in [0.717, 1.165) is 51.2 Å². The quantitative estimate of drug-likeness (QED) is 0.112. The molecule has 6 aromatic carbocycles. The van der Waals surface area contributed by atoms with E-state index in [0.29, 0.717) is 11.8 Å². The second-order valence-corrected chi connectivity index (χ2v) is 25.4. The fourth-order valence-corrected chi connectivity index (χ4v) is 11.3. The molecule has 1 radical (unpaired) electrons. The van der Waals surface area contributed by atoms with Crippen LogP contribution in [0.15, 0.2) is 134 Å². The maximum atomic E-state index is 13.6. The molecular weight excluding hydrogens is 986 g/mol. The number of thiophene rings is 1. The molecule has 3 heterocycles. The van der Waals surface area contributed by atoms with Crippen LogP contribution in [0.5, 0.6) is 0 Å². The first-order valence-electron chi connectivity index (χ1n) is 21.8. The number of para-hydroxylation sites is 3. The standard InChI is InChI=1S/C37H30FN2S.C19H26NSi.Ir/c1-22(2)27-9-7-10-28(23(3)4)35(27)40-33-14-6-5-13-32(33)39-37(40)31-12-8-11-30-29-20-17-25(21-34(29)41-36(30)31)24-15-18-26(38)19-16-24;1-19(2,3)13-16-12-17(15-10-8-7-9-11-15)20-14-18(16)21(4,5)6;/h5-11,13-23H,1-4H3;7-10,12,14H,13H2,1-6H3;/q2*-1;. The molecule has 0 aliphatic heterocycles. The SMILES string of the molecule is CC(C)(C)Cc1cc(-c2[c-]cccc2)ncc1[Si](C)(C)C.CC(C)c1cccc(C(C)C)c1-n1c(-c2[c-]ccc3c2sc2cc(-c4ccc(F)cc4)ccc23)nc2ccccc21.[Ir]. The van der Waals surface area contributed by atoms with Crippen LogP contribution in [0.3, 0.4) is 0 Å².